The molecule has 8 nitrogen and oxygen atoms in total. The molecule has 3 aliphatic rings. The maximum absolute atomic E-state index is 13.0. The molecule has 1 amide bonds. The van der Waals surface area contributed by atoms with Crippen LogP contribution in [0.1, 0.15) is 42.6 Å². The van der Waals surface area contributed by atoms with Crippen molar-refractivity contribution in [3.63, 3.8) is 0 Å². The van der Waals surface area contributed by atoms with Gasteiger partial charge in [-0.15, -0.1) is 11.3 Å². The smallest absolute Gasteiger partial charge is 0.259 e. The van der Waals surface area contributed by atoms with E-state index in [2.05, 4.69) is 28.6 Å². The van der Waals surface area contributed by atoms with E-state index in [-0.39, 0.29) is 17.5 Å². The van der Waals surface area contributed by atoms with Gasteiger partial charge in [0.25, 0.3) is 5.56 Å². The van der Waals surface area contributed by atoms with Gasteiger partial charge in [-0.1, -0.05) is 6.92 Å². The Bertz CT molecular complexity index is 1040. The number of nitrogens with zero attached hydrogens (tertiary/aromatic N) is 4. The quantitative estimate of drug-likeness (QED) is 0.749. The fourth-order valence-electron chi connectivity index (χ4n) is 5.15. The minimum absolute atomic E-state index is 0.0126. The summed E-state index contributed by atoms with van der Waals surface area (Å²) in [6, 6.07) is 0.0437. The minimum atomic E-state index is 0.0126. The van der Waals surface area contributed by atoms with Gasteiger partial charge in [0.15, 0.2) is 0 Å². The summed E-state index contributed by atoms with van der Waals surface area (Å²) in [6.07, 6.45) is 3.20. The molecule has 2 aromatic heterocycles. The fourth-order valence-corrected chi connectivity index (χ4v) is 6.54. The van der Waals surface area contributed by atoms with Crippen molar-refractivity contribution in [2.75, 3.05) is 59.0 Å². The van der Waals surface area contributed by atoms with Crippen LogP contribution in [0.3, 0.4) is 0 Å². The number of nitrogens with one attached hydrogen (secondary N) is 1. The summed E-state index contributed by atoms with van der Waals surface area (Å²) in [7, 11) is 0. The van der Waals surface area contributed by atoms with Crippen LogP contribution in [0.5, 0.6) is 0 Å². The fraction of sp³-hybridized carbons (Fsp3) is 0.696. The number of thiophene rings is 1. The topological polar surface area (TPSA) is 81.8 Å². The molecule has 0 saturated carbocycles. The number of H-pyrrole nitrogens is 1. The van der Waals surface area contributed by atoms with Crippen molar-refractivity contribution in [3.05, 3.63) is 26.6 Å². The number of carbonyl (C=O) groups excluding carboxylic acids is 1. The second-order valence-electron chi connectivity index (χ2n) is 9.46. The summed E-state index contributed by atoms with van der Waals surface area (Å²) in [4.78, 5) is 42.2. The van der Waals surface area contributed by atoms with Crippen LogP contribution in [0.25, 0.3) is 10.2 Å². The van der Waals surface area contributed by atoms with Gasteiger partial charge in [-0.3, -0.25) is 19.4 Å². The van der Waals surface area contributed by atoms with Gasteiger partial charge in [0.05, 0.1) is 31.2 Å². The van der Waals surface area contributed by atoms with Crippen LogP contribution >= 0.6 is 11.3 Å². The average molecular weight is 460 g/mol. The lowest BCUT2D eigenvalue weighted by Gasteiger charge is -2.38. The van der Waals surface area contributed by atoms with E-state index in [1.165, 1.54) is 10.4 Å². The Morgan fingerprint density at radius 1 is 1.22 bits per heavy atom. The maximum atomic E-state index is 13.0. The molecule has 2 aliphatic heterocycles. The molecule has 0 radical (unpaired) electrons. The first-order chi connectivity index (χ1) is 15.5. The highest BCUT2D eigenvalue weighted by atomic mass is 32.1. The number of hydrogen-bond acceptors (Lipinski definition) is 7. The van der Waals surface area contributed by atoms with E-state index in [0.717, 1.165) is 61.5 Å². The van der Waals surface area contributed by atoms with Crippen molar-refractivity contribution in [2.24, 2.45) is 5.92 Å². The molecule has 1 N–H and O–H groups in total. The largest absolute Gasteiger partial charge is 0.378 e. The second-order valence-corrected chi connectivity index (χ2v) is 10.5. The van der Waals surface area contributed by atoms with Gasteiger partial charge in [0, 0.05) is 44.1 Å². The predicted molar refractivity (Wildman–Crippen MR) is 125 cm³/mol. The van der Waals surface area contributed by atoms with E-state index < -0.39 is 0 Å². The highest BCUT2D eigenvalue weighted by Crippen LogP contribution is 2.36. The molecule has 5 rings (SSSR count). The third-order valence-corrected chi connectivity index (χ3v) is 8.40. The first-order valence-corrected chi connectivity index (χ1v) is 12.7. The summed E-state index contributed by atoms with van der Waals surface area (Å²) in [5.41, 5.74) is 1.24. The van der Waals surface area contributed by atoms with E-state index in [9.17, 15) is 9.59 Å². The monoisotopic (exact) mass is 459 g/mol. The lowest BCUT2D eigenvalue weighted by molar-refractivity contribution is -0.137. The highest BCUT2D eigenvalue weighted by Gasteiger charge is 2.28. The van der Waals surface area contributed by atoms with E-state index in [1.807, 2.05) is 4.90 Å². The zero-order valence-electron chi connectivity index (χ0n) is 19.1. The molecule has 2 saturated heterocycles. The minimum Gasteiger partial charge on any atom is -0.378 e. The van der Waals surface area contributed by atoms with Gasteiger partial charge in [0.1, 0.15) is 10.7 Å². The Morgan fingerprint density at radius 3 is 2.72 bits per heavy atom. The zero-order chi connectivity index (χ0) is 22.2. The Morgan fingerprint density at radius 2 is 1.97 bits per heavy atom. The number of carbonyl (C=O) groups is 1. The lowest BCUT2D eigenvalue weighted by Crippen LogP contribution is -2.52. The zero-order valence-corrected chi connectivity index (χ0v) is 19.9. The van der Waals surface area contributed by atoms with Gasteiger partial charge in [0.2, 0.25) is 5.91 Å². The number of aromatic nitrogens is 2. The van der Waals surface area contributed by atoms with Crippen molar-refractivity contribution in [1.82, 2.24) is 24.7 Å². The molecule has 0 bridgehead atoms. The van der Waals surface area contributed by atoms with Crippen LogP contribution in [0.2, 0.25) is 0 Å². The van der Waals surface area contributed by atoms with Gasteiger partial charge in [-0.25, -0.2) is 4.98 Å². The Balaban J connectivity index is 1.24. The number of fused-ring (bicyclic) bond motifs is 3. The van der Waals surface area contributed by atoms with Gasteiger partial charge in [-0.2, -0.15) is 0 Å². The third kappa shape index (κ3) is 4.35. The molecule has 2 fully saturated rings. The van der Waals surface area contributed by atoms with Gasteiger partial charge < -0.3 is 14.6 Å². The molecule has 4 heterocycles. The number of ether oxygens (including phenoxy) is 1. The molecule has 2 aromatic rings. The van der Waals surface area contributed by atoms with Crippen molar-refractivity contribution in [1.29, 1.82) is 0 Å². The number of rotatable bonds is 4. The van der Waals surface area contributed by atoms with Gasteiger partial charge in [-0.05, 0) is 37.7 Å². The molecule has 0 aromatic carbocycles. The number of aryl methyl sites for hydroxylation is 1. The summed E-state index contributed by atoms with van der Waals surface area (Å²) in [6.45, 7) is 11.0. The van der Waals surface area contributed by atoms with E-state index in [0.29, 0.717) is 38.8 Å². The molecule has 32 heavy (non-hydrogen) atoms. The van der Waals surface area contributed by atoms with Crippen LogP contribution in [-0.2, 0) is 22.4 Å². The van der Waals surface area contributed by atoms with E-state index in [4.69, 9.17) is 9.72 Å². The summed E-state index contributed by atoms with van der Waals surface area (Å²) >= 11 is 1.71. The molecular weight excluding hydrogens is 426 g/mol. The standard InChI is InChI=1S/C23H33N5O3S/c1-15-3-4-17-18(13-15)32-23-20(17)22(30)24-21(25-23)16(2)27-7-5-26(6-8-27)14-19(29)28-9-11-31-12-10-28/h15-16H,3-14H2,1-2H3,(H,24,25,30). The summed E-state index contributed by atoms with van der Waals surface area (Å²) in [5.74, 6) is 1.63. The first-order valence-electron chi connectivity index (χ1n) is 11.9. The van der Waals surface area contributed by atoms with E-state index in [1.54, 1.807) is 11.3 Å². The van der Waals surface area contributed by atoms with Crippen LogP contribution in [0, 0.1) is 5.92 Å². The Labute approximate surface area is 192 Å². The number of hydrogen-bond donors (Lipinski definition) is 1. The third-order valence-electron chi connectivity index (χ3n) is 7.26. The Kier molecular flexibility index (Phi) is 6.33. The molecule has 2 atom stereocenters. The molecule has 174 valence electrons. The second kappa shape index (κ2) is 9.21. The van der Waals surface area contributed by atoms with Crippen molar-refractivity contribution >= 4 is 27.5 Å². The molecule has 2 unspecified atom stereocenters. The van der Waals surface area contributed by atoms with Crippen molar-refractivity contribution in [3.8, 4) is 0 Å². The van der Waals surface area contributed by atoms with Crippen molar-refractivity contribution < 1.29 is 9.53 Å². The lowest BCUT2D eigenvalue weighted by atomic mass is 9.89. The highest BCUT2D eigenvalue weighted by molar-refractivity contribution is 7.18. The summed E-state index contributed by atoms with van der Waals surface area (Å²) in [5, 5.41) is 0.819. The van der Waals surface area contributed by atoms with Gasteiger partial charge >= 0.3 is 0 Å². The number of morpholine rings is 1. The van der Waals surface area contributed by atoms with Crippen molar-refractivity contribution in [2.45, 2.75) is 39.2 Å². The Hall–Kier alpha value is -1.81. The molecule has 1 aliphatic carbocycles. The number of amides is 1. The first kappa shape index (κ1) is 22.0. The molecular formula is C23H33N5O3S. The summed E-state index contributed by atoms with van der Waals surface area (Å²) < 4.78 is 5.34. The van der Waals surface area contributed by atoms with Crippen LogP contribution < -0.4 is 5.56 Å². The SMILES string of the molecule is CC1CCc2c(sc3nc(C(C)N4CCN(CC(=O)N5CCOCC5)CC4)[nH]c(=O)c23)C1. The maximum Gasteiger partial charge on any atom is 0.259 e. The van der Waals surface area contributed by atoms with Crippen LogP contribution in [0.4, 0.5) is 0 Å². The normalized spacial score (nSPS) is 23.9. The average Bonchev–Trinajstić information content (AvgIpc) is 3.17. The van der Waals surface area contributed by atoms with Crippen LogP contribution in [-0.4, -0.2) is 89.6 Å². The number of piperazine rings is 1. The number of aromatic amines is 1. The molecule has 9 heteroatoms. The molecule has 0 spiro atoms. The van der Waals surface area contributed by atoms with E-state index >= 15 is 0 Å². The van der Waals surface area contributed by atoms with Crippen LogP contribution in [0.15, 0.2) is 4.79 Å². The predicted octanol–water partition coefficient (Wildman–Crippen LogP) is 1.65.